The van der Waals surface area contributed by atoms with Crippen LogP contribution >= 0.6 is 11.3 Å². The van der Waals surface area contributed by atoms with Gasteiger partial charge in [0.1, 0.15) is 16.5 Å². The molecule has 2 heterocycles. The molecule has 1 fully saturated rings. The van der Waals surface area contributed by atoms with Gasteiger partial charge in [0.2, 0.25) is 0 Å². The number of ether oxygens (including phenoxy) is 1. The van der Waals surface area contributed by atoms with Crippen molar-refractivity contribution >= 4 is 22.9 Å². The third kappa shape index (κ3) is 4.59. The van der Waals surface area contributed by atoms with E-state index in [1.54, 1.807) is 18.4 Å². The molecule has 7 heteroatoms. The molecule has 0 N–H and O–H groups in total. The molecule has 2 aromatic rings. The normalized spacial score (nSPS) is 15.0. The summed E-state index contributed by atoms with van der Waals surface area (Å²) in [4.78, 5) is 23.6. The Morgan fingerprint density at radius 3 is 2.56 bits per heavy atom. The van der Waals surface area contributed by atoms with E-state index in [0.29, 0.717) is 18.8 Å². The van der Waals surface area contributed by atoms with Crippen molar-refractivity contribution in [2.24, 2.45) is 0 Å². The second-order valence-electron chi connectivity index (χ2n) is 6.54. The Morgan fingerprint density at radius 1 is 1.19 bits per heavy atom. The first-order chi connectivity index (χ1) is 13.2. The number of anilines is 1. The van der Waals surface area contributed by atoms with Crippen LogP contribution < -0.4 is 9.64 Å². The van der Waals surface area contributed by atoms with Crippen molar-refractivity contribution in [1.82, 2.24) is 14.8 Å². The number of hydrogen-bond acceptors (Lipinski definition) is 6. The van der Waals surface area contributed by atoms with Gasteiger partial charge in [-0.1, -0.05) is 12.1 Å². The van der Waals surface area contributed by atoms with Crippen molar-refractivity contribution in [3.63, 3.8) is 0 Å². The predicted octanol–water partition coefficient (Wildman–Crippen LogP) is 2.96. The van der Waals surface area contributed by atoms with Crippen LogP contribution in [-0.4, -0.2) is 67.1 Å². The lowest BCUT2D eigenvalue weighted by Crippen LogP contribution is -2.46. The fourth-order valence-corrected chi connectivity index (χ4v) is 4.19. The molecule has 0 atom stereocenters. The SMILES string of the molecule is CCN(CC)C(=O)c1csc(CN2CCN(c3ccccc3OC)CC2)n1. The first-order valence-electron chi connectivity index (χ1n) is 9.50. The largest absolute Gasteiger partial charge is 0.495 e. The fourth-order valence-electron chi connectivity index (χ4n) is 3.38. The summed E-state index contributed by atoms with van der Waals surface area (Å²) in [6.45, 7) is 10.1. The highest BCUT2D eigenvalue weighted by molar-refractivity contribution is 7.09. The van der Waals surface area contributed by atoms with E-state index in [1.807, 2.05) is 42.3 Å². The molecule has 0 unspecified atom stereocenters. The van der Waals surface area contributed by atoms with Crippen LogP contribution in [0, 0.1) is 0 Å². The summed E-state index contributed by atoms with van der Waals surface area (Å²) >= 11 is 1.58. The smallest absolute Gasteiger partial charge is 0.273 e. The molecule has 146 valence electrons. The number of nitrogens with zero attached hydrogens (tertiary/aromatic N) is 4. The van der Waals surface area contributed by atoms with Gasteiger partial charge < -0.3 is 14.5 Å². The van der Waals surface area contributed by atoms with Gasteiger partial charge in [-0.25, -0.2) is 4.98 Å². The Hall–Kier alpha value is -2.12. The number of aromatic nitrogens is 1. The van der Waals surface area contributed by atoms with Gasteiger partial charge in [-0.2, -0.15) is 0 Å². The van der Waals surface area contributed by atoms with E-state index in [9.17, 15) is 4.79 Å². The molecular formula is C20H28N4O2S. The summed E-state index contributed by atoms with van der Waals surface area (Å²) in [5.74, 6) is 0.953. The van der Waals surface area contributed by atoms with Gasteiger partial charge in [-0.15, -0.1) is 11.3 Å². The van der Waals surface area contributed by atoms with Crippen LogP contribution in [-0.2, 0) is 6.54 Å². The number of para-hydroxylation sites is 2. The fraction of sp³-hybridized carbons (Fsp3) is 0.500. The average molecular weight is 389 g/mol. The number of carbonyl (C=O) groups excluding carboxylic acids is 1. The summed E-state index contributed by atoms with van der Waals surface area (Å²) in [5.41, 5.74) is 1.73. The zero-order valence-corrected chi connectivity index (χ0v) is 17.2. The minimum Gasteiger partial charge on any atom is -0.495 e. The molecule has 0 bridgehead atoms. The Kier molecular flexibility index (Phi) is 6.68. The van der Waals surface area contributed by atoms with Crippen molar-refractivity contribution in [1.29, 1.82) is 0 Å². The molecular weight excluding hydrogens is 360 g/mol. The molecule has 0 saturated carbocycles. The second kappa shape index (κ2) is 9.19. The lowest BCUT2D eigenvalue weighted by molar-refractivity contribution is 0.0767. The van der Waals surface area contributed by atoms with Gasteiger partial charge in [0, 0.05) is 44.6 Å². The monoisotopic (exact) mass is 388 g/mol. The molecule has 1 aliphatic heterocycles. The molecule has 1 aromatic heterocycles. The summed E-state index contributed by atoms with van der Waals surface area (Å²) in [7, 11) is 1.72. The van der Waals surface area contributed by atoms with Crippen LogP contribution in [0.1, 0.15) is 29.3 Å². The van der Waals surface area contributed by atoms with E-state index in [1.165, 1.54) is 0 Å². The van der Waals surface area contributed by atoms with Crippen molar-refractivity contribution < 1.29 is 9.53 Å². The second-order valence-corrected chi connectivity index (χ2v) is 7.48. The molecule has 1 aliphatic rings. The van der Waals surface area contributed by atoms with E-state index >= 15 is 0 Å². The van der Waals surface area contributed by atoms with Crippen LogP contribution in [0.2, 0.25) is 0 Å². The maximum absolute atomic E-state index is 12.4. The lowest BCUT2D eigenvalue weighted by Gasteiger charge is -2.36. The number of benzene rings is 1. The zero-order valence-electron chi connectivity index (χ0n) is 16.4. The number of rotatable bonds is 7. The number of carbonyl (C=O) groups is 1. The van der Waals surface area contributed by atoms with Crippen LogP contribution in [0.5, 0.6) is 5.75 Å². The van der Waals surface area contributed by atoms with Gasteiger partial charge in [0.15, 0.2) is 0 Å². The van der Waals surface area contributed by atoms with Gasteiger partial charge in [0.05, 0.1) is 19.3 Å². The molecule has 0 aliphatic carbocycles. The van der Waals surface area contributed by atoms with Crippen LogP contribution in [0.3, 0.4) is 0 Å². The summed E-state index contributed by atoms with van der Waals surface area (Å²) in [6.07, 6.45) is 0. The van der Waals surface area contributed by atoms with Crippen molar-refractivity contribution in [3.8, 4) is 5.75 Å². The topological polar surface area (TPSA) is 48.9 Å². The third-order valence-corrected chi connectivity index (χ3v) is 5.81. The van der Waals surface area contributed by atoms with Crippen LogP contribution in [0.4, 0.5) is 5.69 Å². The predicted molar refractivity (Wildman–Crippen MR) is 110 cm³/mol. The molecule has 0 radical (unpaired) electrons. The molecule has 1 aromatic carbocycles. The van der Waals surface area contributed by atoms with Gasteiger partial charge >= 0.3 is 0 Å². The maximum atomic E-state index is 12.4. The first kappa shape index (κ1) is 19.6. The Bertz CT molecular complexity index is 752. The summed E-state index contributed by atoms with van der Waals surface area (Å²) < 4.78 is 5.48. The maximum Gasteiger partial charge on any atom is 0.273 e. The summed E-state index contributed by atoms with van der Waals surface area (Å²) in [6, 6.07) is 8.17. The highest BCUT2D eigenvalue weighted by Gasteiger charge is 2.21. The Morgan fingerprint density at radius 2 is 1.89 bits per heavy atom. The van der Waals surface area contributed by atoms with Crippen LogP contribution in [0.15, 0.2) is 29.6 Å². The Labute approximate surface area is 165 Å². The number of thiazole rings is 1. The Balaban J connectivity index is 1.56. The number of piperazine rings is 1. The van der Waals surface area contributed by atoms with E-state index < -0.39 is 0 Å². The van der Waals surface area contributed by atoms with E-state index in [0.717, 1.165) is 49.2 Å². The molecule has 1 saturated heterocycles. The molecule has 6 nitrogen and oxygen atoms in total. The minimum atomic E-state index is 0.0310. The quantitative estimate of drug-likeness (QED) is 0.730. The van der Waals surface area contributed by atoms with Gasteiger partial charge in [-0.3, -0.25) is 9.69 Å². The van der Waals surface area contributed by atoms with Crippen molar-refractivity contribution in [2.75, 3.05) is 51.3 Å². The summed E-state index contributed by atoms with van der Waals surface area (Å²) in [5, 5.41) is 2.90. The molecule has 27 heavy (non-hydrogen) atoms. The first-order valence-corrected chi connectivity index (χ1v) is 10.4. The number of hydrogen-bond donors (Lipinski definition) is 0. The van der Waals surface area contributed by atoms with E-state index in [2.05, 4.69) is 20.9 Å². The van der Waals surface area contributed by atoms with E-state index in [4.69, 9.17) is 4.74 Å². The zero-order chi connectivity index (χ0) is 19.2. The van der Waals surface area contributed by atoms with Crippen molar-refractivity contribution in [2.45, 2.75) is 20.4 Å². The highest BCUT2D eigenvalue weighted by atomic mass is 32.1. The molecule has 0 spiro atoms. The molecule has 1 amide bonds. The minimum absolute atomic E-state index is 0.0310. The molecule has 3 rings (SSSR count). The lowest BCUT2D eigenvalue weighted by atomic mass is 10.2. The van der Waals surface area contributed by atoms with Crippen molar-refractivity contribution in [3.05, 3.63) is 40.3 Å². The van der Waals surface area contributed by atoms with E-state index in [-0.39, 0.29) is 5.91 Å². The van der Waals surface area contributed by atoms with Crippen LogP contribution in [0.25, 0.3) is 0 Å². The van der Waals surface area contributed by atoms with Gasteiger partial charge in [-0.05, 0) is 26.0 Å². The number of methoxy groups -OCH3 is 1. The number of amides is 1. The third-order valence-electron chi connectivity index (χ3n) is 4.98. The van der Waals surface area contributed by atoms with Gasteiger partial charge in [0.25, 0.3) is 5.91 Å². The standard InChI is InChI=1S/C20H28N4O2S/c1-4-23(5-2)20(25)16-15-27-19(21-16)14-22-10-12-24(13-11-22)17-8-6-7-9-18(17)26-3/h6-9,15H,4-5,10-14H2,1-3H3. The average Bonchev–Trinajstić information content (AvgIpc) is 3.18. The highest BCUT2D eigenvalue weighted by Crippen LogP contribution is 2.28.